The lowest BCUT2D eigenvalue weighted by molar-refractivity contribution is 0.184. The van der Waals surface area contributed by atoms with Gasteiger partial charge in [0.05, 0.1) is 0 Å². The molecule has 0 fully saturated rings. The Morgan fingerprint density at radius 1 is 1.25 bits per heavy atom. The Balaban J connectivity index is 2.53. The molecule has 1 N–H and O–H groups in total. The highest BCUT2D eigenvalue weighted by Crippen LogP contribution is 2.24. The summed E-state index contributed by atoms with van der Waals surface area (Å²) in [5.74, 6) is 0.627. The molecule has 1 aromatic carbocycles. The van der Waals surface area contributed by atoms with Crippen molar-refractivity contribution in [2.45, 2.75) is 25.8 Å². The number of hydrogen-bond donors (Lipinski definition) is 1. The fourth-order valence-corrected chi connectivity index (χ4v) is 2.16. The van der Waals surface area contributed by atoms with E-state index in [-0.39, 0.29) is 0 Å². The first-order valence-electron chi connectivity index (χ1n) is 6.00. The van der Waals surface area contributed by atoms with Crippen molar-refractivity contribution in [3.63, 3.8) is 0 Å². The van der Waals surface area contributed by atoms with Crippen LogP contribution in [0.4, 0.5) is 0 Å². The van der Waals surface area contributed by atoms with Gasteiger partial charge >= 0.3 is 0 Å². The zero-order valence-electron chi connectivity index (χ0n) is 10.6. The van der Waals surface area contributed by atoms with Gasteiger partial charge in [0.15, 0.2) is 0 Å². The average molecular weight is 221 g/mol. The van der Waals surface area contributed by atoms with Crippen LogP contribution in [0.1, 0.15) is 31.4 Å². The van der Waals surface area contributed by atoms with Crippen LogP contribution < -0.4 is 5.32 Å². The molecule has 2 heteroatoms. The molecule has 0 bridgehead atoms. The van der Waals surface area contributed by atoms with Gasteiger partial charge in [0.1, 0.15) is 0 Å². The van der Waals surface area contributed by atoms with E-state index >= 15 is 0 Å². The molecular formula is C14H23NO. The van der Waals surface area contributed by atoms with E-state index in [1.165, 1.54) is 12.0 Å². The molecule has 0 saturated carbocycles. The summed E-state index contributed by atoms with van der Waals surface area (Å²) in [5, 5.41) is 3.40. The summed E-state index contributed by atoms with van der Waals surface area (Å²) < 4.78 is 5.09. The second kappa shape index (κ2) is 7.42. The fraction of sp³-hybridized carbons (Fsp3) is 0.571. The third kappa shape index (κ3) is 3.95. The summed E-state index contributed by atoms with van der Waals surface area (Å²) in [6.45, 7) is 3.15. The SMILES string of the molecule is CNC(c1ccccc1)C(C)CCCOC. The van der Waals surface area contributed by atoms with E-state index in [0.717, 1.165) is 13.0 Å². The minimum atomic E-state index is 0.443. The Morgan fingerprint density at radius 2 is 1.94 bits per heavy atom. The van der Waals surface area contributed by atoms with Gasteiger partial charge in [-0.25, -0.2) is 0 Å². The summed E-state index contributed by atoms with van der Waals surface area (Å²) in [5.41, 5.74) is 1.37. The van der Waals surface area contributed by atoms with E-state index in [9.17, 15) is 0 Å². The van der Waals surface area contributed by atoms with Crippen molar-refractivity contribution in [1.82, 2.24) is 5.32 Å². The molecule has 0 saturated heterocycles. The minimum Gasteiger partial charge on any atom is -0.385 e. The molecule has 0 aliphatic carbocycles. The van der Waals surface area contributed by atoms with Gasteiger partial charge in [-0.05, 0) is 31.4 Å². The van der Waals surface area contributed by atoms with Crippen molar-refractivity contribution in [1.29, 1.82) is 0 Å². The molecule has 0 radical (unpaired) electrons. The van der Waals surface area contributed by atoms with E-state index in [2.05, 4.69) is 42.6 Å². The van der Waals surface area contributed by atoms with Crippen molar-refractivity contribution in [2.75, 3.05) is 20.8 Å². The Hall–Kier alpha value is -0.860. The third-order valence-corrected chi connectivity index (χ3v) is 3.05. The predicted molar refractivity (Wildman–Crippen MR) is 68.5 cm³/mol. The smallest absolute Gasteiger partial charge is 0.0462 e. The van der Waals surface area contributed by atoms with E-state index in [0.29, 0.717) is 12.0 Å². The van der Waals surface area contributed by atoms with Gasteiger partial charge in [0.25, 0.3) is 0 Å². The number of methoxy groups -OCH3 is 1. The number of hydrogen-bond acceptors (Lipinski definition) is 2. The maximum absolute atomic E-state index is 5.09. The normalized spacial score (nSPS) is 14.7. The lowest BCUT2D eigenvalue weighted by Gasteiger charge is -2.24. The highest BCUT2D eigenvalue weighted by atomic mass is 16.5. The Labute approximate surface area is 99.0 Å². The van der Waals surface area contributed by atoms with Crippen LogP contribution >= 0.6 is 0 Å². The summed E-state index contributed by atoms with van der Waals surface area (Å²) in [6, 6.07) is 11.1. The molecule has 2 nitrogen and oxygen atoms in total. The Morgan fingerprint density at radius 3 is 2.50 bits per heavy atom. The number of benzene rings is 1. The van der Waals surface area contributed by atoms with Gasteiger partial charge in [-0.1, -0.05) is 37.3 Å². The number of rotatable bonds is 7. The first-order chi connectivity index (χ1) is 7.79. The number of nitrogens with one attached hydrogen (secondary N) is 1. The fourth-order valence-electron chi connectivity index (χ4n) is 2.16. The highest BCUT2D eigenvalue weighted by Gasteiger charge is 2.16. The van der Waals surface area contributed by atoms with E-state index in [1.54, 1.807) is 7.11 Å². The summed E-state index contributed by atoms with van der Waals surface area (Å²) in [4.78, 5) is 0. The maximum Gasteiger partial charge on any atom is 0.0462 e. The molecule has 0 aliphatic rings. The van der Waals surface area contributed by atoms with Crippen LogP contribution in [0, 0.1) is 5.92 Å². The van der Waals surface area contributed by atoms with Crippen molar-refractivity contribution in [3.8, 4) is 0 Å². The summed E-state index contributed by atoms with van der Waals surface area (Å²) in [7, 11) is 3.79. The second-order valence-electron chi connectivity index (χ2n) is 4.29. The largest absolute Gasteiger partial charge is 0.385 e. The molecule has 0 amide bonds. The van der Waals surface area contributed by atoms with Gasteiger partial charge in [-0.15, -0.1) is 0 Å². The molecule has 0 aromatic heterocycles. The first-order valence-corrected chi connectivity index (χ1v) is 6.00. The van der Waals surface area contributed by atoms with Crippen molar-refractivity contribution in [3.05, 3.63) is 35.9 Å². The van der Waals surface area contributed by atoms with E-state index in [4.69, 9.17) is 4.74 Å². The monoisotopic (exact) mass is 221 g/mol. The molecule has 0 aliphatic heterocycles. The van der Waals surface area contributed by atoms with E-state index in [1.807, 2.05) is 7.05 Å². The minimum absolute atomic E-state index is 0.443. The van der Waals surface area contributed by atoms with Gasteiger partial charge in [-0.2, -0.15) is 0 Å². The molecule has 2 unspecified atom stereocenters. The van der Waals surface area contributed by atoms with Crippen molar-refractivity contribution < 1.29 is 4.74 Å². The zero-order valence-corrected chi connectivity index (χ0v) is 10.6. The lowest BCUT2D eigenvalue weighted by Crippen LogP contribution is -2.23. The van der Waals surface area contributed by atoms with Crippen LogP contribution in [0.25, 0.3) is 0 Å². The van der Waals surface area contributed by atoms with E-state index < -0.39 is 0 Å². The van der Waals surface area contributed by atoms with Crippen molar-refractivity contribution in [2.24, 2.45) is 5.92 Å². The van der Waals surface area contributed by atoms with Crippen LogP contribution in [0.5, 0.6) is 0 Å². The second-order valence-corrected chi connectivity index (χ2v) is 4.29. The molecule has 1 rings (SSSR count). The molecule has 1 aromatic rings. The van der Waals surface area contributed by atoms with Gasteiger partial charge in [0, 0.05) is 19.8 Å². The first kappa shape index (κ1) is 13.2. The molecule has 90 valence electrons. The molecule has 0 heterocycles. The third-order valence-electron chi connectivity index (χ3n) is 3.05. The highest BCUT2D eigenvalue weighted by molar-refractivity contribution is 5.19. The molecule has 0 spiro atoms. The van der Waals surface area contributed by atoms with Gasteiger partial charge < -0.3 is 10.1 Å². The van der Waals surface area contributed by atoms with Crippen LogP contribution in [0.2, 0.25) is 0 Å². The Kier molecular flexibility index (Phi) is 6.12. The van der Waals surface area contributed by atoms with Gasteiger partial charge in [0.2, 0.25) is 0 Å². The lowest BCUT2D eigenvalue weighted by atomic mass is 9.91. The quantitative estimate of drug-likeness (QED) is 0.715. The van der Waals surface area contributed by atoms with Crippen LogP contribution in [-0.4, -0.2) is 20.8 Å². The summed E-state index contributed by atoms with van der Waals surface area (Å²) >= 11 is 0. The van der Waals surface area contributed by atoms with Crippen LogP contribution in [-0.2, 0) is 4.74 Å². The molecule has 16 heavy (non-hydrogen) atoms. The predicted octanol–water partition coefficient (Wildman–Crippen LogP) is 3.01. The zero-order chi connectivity index (χ0) is 11.8. The number of ether oxygens (including phenoxy) is 1. The average Bonchev–Trinajstić information content (AvgIpc) is 2.32. The Bertz CT molecular complexity index is 273. The summed E-state index contributed by atoms with van der Waals surface area (Å²) in [6.07, 6.45) is 2.32. The van der Waals surface area contributed by atoms with Gasteiger partial charge in [-0.3, -0.25) is 0 Å². The topological polar surface area (TPSA) is 21.3 Å². The molecule has 2 atom stereocenters. The van der Waals surface area contributed by atoms with Crippen molar-refractivity contribution >= 4 is 0 Å². The standard InChI is InChI=1S/C14H23NO/c1-12(8-7-11-16-3)14(15-2)13-9-5-4-6-10-13/h4-6,9-10,12,14-15H,7-8,11H2,1-3H3. The molecular weight excluding hydrogens is 198 g/mol. The van der Waals surface area contributed by atoms with Crippen LogP contribution in [0.3, 0.4) is 0 Å². The maximum atomic E-state index is 5.09. The van der Waals surface area contributed by atoms with Crippen LogP contribution in [0.15, 0.2) is 30.3 Å².